The fourth-order valence-corrected chi connectivity index (χ4v) is 3.58. The van der Waals surface area contributed by atoms with Gasteiger partial charge in [0.15, 0.2) is 17.3 Å². The quantitative estimate of drug-likeness (QED) is 0.561. The number of alkyl halides is 3. The van der Waals surface area contributed by atoms with Crippen LogP contribution in [0, 0.1) is 5.41 Å². The van der Waals surface area contributed by atoms with Gasteiger partial charge in [-0.25, -0.2) is 9.97 Å². The molecule has 33 heavy (non-hydrogen) atoms. The molecule has 0 saturated carbocycles. The van der Waals surface area contributed by atoms with Crippen molar-refractivity contribution in [2.45, 2.75) is 66.1 Å². The molecule has 180 valence electrons. The van der Waals surface area contributed by atoms with E-state index in [9.17, 15) is 13.2 Å². The number of fused-ring (bicyclic) bond motifs is 1. The van der Waals surface area contributed by atoms with Gasteiger partial charge in [-0.2, -0.15) is 18.2 Å². The second-order valence-electron chi connectivity index (χ2n) is 9.38. The second-order valence-corrected chi connectivity index (χ2v) is 9.38. The summed E-state index contributed by atoms with van der Waals surface area (Å²) in [5.41, 5.74) is 1.11. The van der Waals surface area contributed by atoms with Gasteiger partial charge in [-0.05, 0) is 31.1 Å². The van der Waals surface area contributed by atoms with Crippen LogP contribution in [0.4, 0.5) is 24.8 Å². The smallest absolute Gasteiger partial charge is 0.434 e. The van der Waals surface area contributed by atoms with Gasteiger partial charge in [-0.3, -0.25) is 4.98 Å². The fourth-order valence-electron chi connectivity index (χ4n) is 3.58. The van der Waals surface area contributed by atoms with E-state index in [0.717, 1.165) is 49.5 Å². The fraction of sp³-hybridized carbons (Fsp3) is 0.565. The monoisotopic (exact) mass is 464 g/mol. The minimum absolute atomic E-state index is 0.0651. The summed E-state index contributed by atoms with van der Waals surface area (Å²) in [4.78, 5) is 18.9. The first kappa shape index (κ1) is 24.7. The average molecular weight is 465 g/mol. The van der Waals surface area contributed by atoms with Gasteiger partial charge in [0.1, 0.15) is 0 Å². The molecule has 10 heteroatoms. The molecule has 0 spiro atoms. The number of rotatable bonds is 8. The van der Waals surface area contributed by atoms with Gasteiger partial charge in [0.2, 0.25) is 0 Å². The Labute approximate surface area is 192 Å². The van der Waals surface area contributed by atoms with E-state index in [1.807, 2.05) is 11.8 Å². The summed E-state index contributed by atoms with van der Waals surface area (Å²) in [6.45, 7) is 14.0. The predicted molar refractivity (Wildman–Crippen MR) is 121 cm³/mol. The molecular weight excluding hydrogens is 433 g/mol. The van der Waals surface area contributed by atoms with E-state index in [4.69, 9.17) is 14.7 Å². The molecule has 0 amide bonds. The highest BCUT2D eigenvalue weighted by Crippen LogP contribution is 2.33. The highest BCUT2D eigenvalue weighted by Gasteiger charge is 2.33. The van der Waals surface area contributed by atoms with Crippen LogP contribution >= 0.6 is 0 Å². The van der Waals surface area contributed by atoms with Crippen molar-refractivity contribution in [3.63, 3.8) is 0 Å². The van der Waals surface area contributed by atoms with Crippen molar-refractivity contribution in [2.75, 3.05) is 23.4 Å². The van der Waals surface area contributed by atoms with Crippen LogP contribution in [-0.4, -0.2) is 33.1 Å². The van der Waals surface area contributed by atoms with Crippen molar-refractivity contribution in [2.24, 2.45) is 5.41 Å². The molecule has 0 aliphatic carbocycles. The van der Waals surface area contributed by atoms with Crippen LogP contribution in [-0.2, 0) is 19.1 Å². The molecule has 0 radical (unpaired) electrons. The Balaban J connectivity index is 1.85. The highest BCUT2D eigenvalue weighted by molar-refractivity contribution is 5.58. The van der Waals surface area contributed by atoms with E-state index in [0.29, 0.717) is 36.4 Å². The number of nitrogens with one attached hydrogen (secondary N) is 1. The van der Waals surface area contributed by atoms with Crippen molar-refractivity contribution in [3.8, 4) is 5.88 Å². The summed E-state index contributed by atoms with van der Waals surface area (Å²) >= 11 is 0. The number of aromatic nitrogens is 4. The second kappa shape index (κ2) is 9.93. The maximum Gasteiger partial charge on any atom is 0.434 e. The zero-order valence-electron chi connectivity index (χ0n) is 19.6. The number of anilines is 2. The Kier molecular flexibility index (Phi) is 7.44. The van der Waals surface area contributed by atoms with E-state index >= 15 is 0 Å². The first-order valence-corrected chi connectivity index (χ1v) is 11.1. The number of hydrogen-bond acceptors (Lipinski definition) is 7. The SMILES string of the molecule is C=C(CC(C)(C)C)Nc1nc2c(nc1OCCC)N(Cc1cnc(C(F)(F)F)cn1)CCC2. The molecule has 0 bridgehead atoms. The molecule has 0 aromatic carbocycles. The lowest BCUT2D eigenvalue weighted by molar-refractivity contribution is -0.141. The summed E-state index contributed by atoms with van der Waals surface area (Å²) < 4.78 is 44.2. The molecule has 1 aliphatic heterocycles. The van der Waals surface area contributed by atoms with Crippen LogP contribution in [0.2, 0.25) is 0 Å². The summed E-state index contributed by atoms with van der Waals surface area (Å²) in [6, 6.07) is 0. The molecule has 7 nitrogen and oxygen atoms in total. The third kappa shape index (κ3) is 6.79. The van der Waals surface area contributed by atoms with Crippen LogP contribution in [0.1, 0.15) is 64.0 Å². The lowest BCUT2D eigenvalue weighted by atomic mass is 9.91. The Morgan fingerprint density at radius 3 is 2.55 bits per heavy atom. The molecule has 1 aliphatic rings. The van der Waals surface area contributed by atoms with E-state index in [-0.39, 0.29) is 12.0 Å². The van der Waals surface area contributed by atoms with Crippen molar-refractivity contribution >= 4 is 11.6 Å². The highest BCUT2D eigenvalue weighted by atomic mass is 19.4. The molecule has 2 aromatic rings. The summed E-state index contributed by atoms with van der Waals surface area (Å²) in [7, 11) is 0. The van der Waals surface area contributed by atoms with Gasteiger partial charge in [0.05, 0.1) is 36.9 Å². The summed E-state index contributed by atoms with van der Waals surface area (Å²) in [5.74, 6) is 1.57. The largest absolute Gasteiger partial charge is 0.475 e. The maximum absolute atomic E-state index is 12.8. The molecule has 1 N–H and O–H groups in total. The Morgan fingerprint density at radius 1 is 1.18 bits per heavy atom. The van der Waals surface area contributed by atoms with Gasteiger partial charge < -0.3 is 15.0 Å². The molecule has 0 saturated heterocycles. The molecule has 3 heterocycles. The number of halogens is 3. The molecule has 0 unspecified atom stereocenters. The lowest BCUT2D eigenvalue weighted by Crippen LogP contribution is -2.31. The minimum atomic E-state index is -4.51. The Morgan fingerprint density at radius 2 is 1.94 bits per heavy atom. The average Bonchev–Trinajstić information content (AvgIpc) is 2.71. The first-order chi connectivity index (χ1) is 15.5. The van der Waals surface area contributed by atoms with Crippen molar-refractivity contribution < 1.29 is 17.9 Å². The van der Waals surface area contributed by atoms with Crippen LogP contribution in [0.15, 0.2) is 24.7 Å². The lowest BCUT2D eigenvalue weighted by Gasteiger charge is -2.30. The van der Waals surface area contributed by atoms with Crippen LogP contribution in [0.3, 0.4) is 0 Å². The zero-order valence-corrected chi connectivity index (χ0v) is 19.6. The normalized spacial score (nSPS) is 14.1. The first-order valence-electron chi connectivity index (χ1n) is 11.1. The number of allylic oxidation sites excluding steroid dienone is 1. The van der Waals surface area contributed by atoms with Gasteiger partial charge in [0, 0.05) is 12.2 Å². The van der Waals surface area contributed by atoms with E-state index < -0.39 is 11.9 Å². The number of ether oxygens (including phenoxy) is 1. The third-order valence-electron chi connectivity index (χ3n) is 4.89. The molecular formula is C23H31F3N6O. The number of aryl methyl sites for hydroxylation is 1. The van der Waals surface area contributed by atoms with E-state index in [1.165, 1.54) is 0 Å². The van der Waals surface area contributed by atoms with Gasteiger partial charge >= 0.3 is 6.18 Å². The number of nitrogens with zero attached hydrogens (tertiary/aromatic N) is 5. The standard InChI is InChI=1S/C23H31F3N6O/c1-6-10-33-21-19(29-15(2)11-22(3,4)5)30-17-8-7-9-32(20(17)31-21)14-16-12-28-18(13-27-16)23(24,25)26/h12-13H,2,6-11,14H2,1,3-5H3,(H,29,30). The zero-order chi connectivity index (χ0) is 24.2. The molecule has 2 aromatic heterocycles. The molecule has 3 rings (SSSR count). The summed E-state index contributed by atoms with van der Waals surface area (Å²) in [5, 5.41) is 3.27. The van der Waals surface area contributed by atoms with Crippen molar-refractivity contribution in [3.05, 3.63) is 41.8 Å². The molecule has 0 fully saturated rings. The Bertz CT molecular complexity index is 970. The van der Waals surface area contributed by atoms with Crippen LogP contribution in [0.5, 0.6) is 5.88 Å². The van der Waals surface area contributed by atoms with Gasteiger partial charge in [-0.1, -0.05) is 34.3 Å². The van der Waals surface area contributed by atoms with Gasteiger partial charge in [-0.15, -0.1) is 0 Å². The van der Waals surface area contributed by atoms with Gasteiger partial charge in [0.25, 0.3) is 5.88 Å². The Hall–Kier alpha value is -2.91. The maximum atomic E-state index is 12.8. The van der Waals surface area contributed by atoms with E-state index in [2.05, 4.69) is 42.6 Å². The predicted octanol–water partition coefficient (Wildman–Crippen LogP) is 5.39. The topological polar surface area (TPSA) is 76.1 Å². The van der Waals surface area contributed by atoms with E-state index in [1.54, 1.807) is 0 Å². The van der Waals surface area contributed by atoms with Crippen molar-refractivity contribution in [1.82, 2.24) is 19.9 Å². The third-order valence-corrected chi connectivity index (χ3v) is 4.89. The van der Waals surface area contributed by atoms with Crippen LogP contribution in [0.25, 0.3) is 0 Å². The van der Waals surface area contributed by atoms with Crippen LogP contribution < -0.4 is 15.0 Å². The van der Waals surface area contributed by atoms with Crippen molar-refractivity contribution in [1.29, 1.82) is 0 Å². The molecule has 0 atom stereocenters. The number of hydrogen-bond donors (Lipinski definition) is 1. The minimum Gasteiger partial charge on any atom is -0.475 e. The summed E-state index contributed by atoms with van der Waals surface area (Å²) in [6.07, 6.45) is 0.560.